The first-order valence-corrected chi connectivity index (χ1v) is 10.8. The number of hydrogen-bond acceptors (Lipinski definition) is 4. The molecule has 1 unspecified atom stereocenters. The highest BCUT2D eigenvalue weighted by Gasteiger charge is 2.54. The van der Waals surface area contributed by atoms with Crippen LogP contribution in [-0.4, -0.2) is 54.8 Å². The molecule has 5 nitrogen and oxygen atoms in total. The number of hydrogen-bond donors (Lipinski definition) is 0. The second kappa shape index (κ2) is 7.14. The molecule has 0 amide bonds. The molecule has 5 heteroatoms. The molecule has 1 saturated carbocycles. The number of quaternary nitrogens is 1. The van der Waals surface area contributed by atoms with E-state index in [2.05, 4.69) is 7.05 Å². The summed E-state index contributed by atoms with van der Waals surface area (Å²) >= 11 is 0. The van der Waals surface area contributed by atoms with Gasteiger partial charge < -0.3 is 14.0 Å². The Balaban J connectivity index is 1.39. The number of rotatable bonds is 3. The molecule has 3 aliphatic heterocycles. The number of esters is 2. The summed E-state index contributed by atoms with van der Waals surface area (Å²) in [6.45, 7) is 3.06. The first-order valence-electron chi connectivity index (χ1n) is 10.8. The van der Waals surface area contributed by atoms with E-state index in [-0.39, 0.29) is 24.3 Å². The molecule has 0 bridgehead atoms. The third-order valence-corrected chi connectivity index (χ3v) is 7.75. The molecule has 4 fully saturated rings. The van der Waals surface area contributed by atoms with E-state index in [0.29, 0.717) is 18.6 Å². The van der Waals surface area contributed by atoms with Crippen LogP contribution in [0.4, 0.5) is 0 Å². The van der Waals surface area contributed by atoms with Crippen LogP contribution in [0.5, 0.6) is 0 Å². The van der Waals surface area contributed by atoms with Crippen LogP contribution in [0.1, 0.15) is 70.6 Å². The van der Waals surface area contributed by atoms with Crippen molar-refractivity contribution < 1.29 is 23.5 Å². The monoisotopic (exact) mass is 364 g/mol. The van der Waals surface area contributed by atoms with Gasteiger partial charge >= 0.3 is 11.9 Å². The van der Waals surface area contributed by atoms with Gasteiger partial charge in [0, 0.05) is 12.3 Å². The summed E-state index contributed by atoms with van der Waals surface area (Å²) in [4.78, 5) is 24.8. The Labute approximate surface area is 157 Å². The number of nitrogens with zero attached hydrogens (tertiary/aromatic N) is 1. The van der Waals surface area contributed by atoms with E-state index in [1.807, 2.05) is 0 Å². The van der Waals surface area contributed by atoms with E-state index in [1.165, 1.54) is 45.2 Å². The van der Waals surface area contributed by atoms with E-state index >= 15 is 0 Å². The van der Waals surface area contributed by atoms with Gasteiger partial charge in [0.25, 0.3) is 0 Å². The van der Waals surface area contributed by atoms with Crippen LogP contribution in [0.2, 0.25) is 0 Å². The lowest BCUT2D eigenvalue weighted by Crippen LogP contribution is -2.61. The minimum atomic E-state index is -0.561. The predicted molar refractivity (Wildman–Crippen MR) is 97.3 cm³/mol. The summed E-state index contributed by atoms with van der Waals surface area (Å²) in [5, 5.41) is 0. The molecular formula is C21H34NO4+. The Kier molecular flexibility index (Phi) is 5.02. The van der Waals surface area contributed by atoms with Gasteiger partial charge in [0.05, 0.1) is 39.2 Å². The summed E-state index contributed by atoms with van der Waals surface area (Å²) < 4.78 is 12.7. The van der Waals surface area contributed by atoms with Crippen LogP contribution in [0.25, 0.3) is 0 Å². The third kappa shape index (κ3) is 3.28. The predicted octanol–water partition coefficient (Wildman–Crippen LogP) is 3.20. The highest BCUT2D eigenvalue weighted by atomic mass is 16.6. The number of piperidine rings is 2. The minimum absolute atomic E-state index is 0.187. The van der Waals surface area contributed by atoms with Gasteiger partial charge in [-0.05, 0) is 51.4 Å². The van der Waals surface area contributed by atoms with Gasteiger partial charge in [0.15, 0.2) is 0 Å². The molecule has 0 radical (unpaired) electrons. The van der Waals surface area contributed by atoms with Crippen LogP contribution < -0.4 is 0 Å². The average molecular weight is 365 g/mol. The van der Waals surface area contributed by atoms with Gasteiger partial charge in [-0.25, -0.2) is 0 Å². The van der Waals surface area contributed by atoms with Crippen LogP contribution in [0.15, 0.2) is 0 Å². The molecule has 3 heterocycles. The second-order valence-electron chi connectivity index (χ2n) is 9.38. The standard InChI is InChI=1S/C21H34NO4/c1-22-12-6-3-9-18(22)16(8-7-13-22)15-25-20(24)17-14-19(23)26-21(17)10-4-2-5-11-21/h16-18H,2-15H2,1H3/q+1/t16-,17-,18+,22?/m1/s1. The number of ether oxygens (including phenoxy) is 2. The number of fused-ring (bicyclic) bond motifs is 1. The average Bonchev–Trinajstić information content (AvgIpc) is 2.95. The summed E-state index contributed by atoms with van der Waals surface area (Å²) in [6.07, 6.45) is 11.4. The molecule has 4 rings (SSSR count). The molecule has 3 saturated heterocycles. The van der Waals surface area contributed by atoms with E-state index < -0.39 is 5.60 Å². The van der Waals surface area contributed by atoms with Crippen molar-refractivity contribution in [3.8, 4) is 0 Å². The zero-order chi connectivity index (χ0) is 18.2. The zero-order valence-electron chi connectivity index (χ0n) is 16.2. The summed E-state index contributed by atoms with van der Waals surface area (Å²) in [5.41, 5.74) is -0.561. The first kappa shape index (κ1) is 18.3. The first-order chi connectivity index (χ1) is 12.5. The van der Waals surface area contributed by atoms with Gasteiger partial charge in [0.1, 0.15) is 11.5 Å². The number of carbonyl (C=O) groups is 2. The van der Waals surface area contributed by atoms with Crippen molar-refractivity contribution >= 4 is 11.9 Å². The summed E-state index contributed by atoms with van der Waals surface area (Å²) in [5.74, 6) is -0.319. The highest BCUT2D eigenvalue weighted by molar-refractivity contribution is 5.84. The van der Waals surface area contributed by atoms with E-state index in [1.54, 1.807) is 0 Å². The maximum absolute atomic E-state index is 12.9. The lowest BCUT2D eigenvalue weighted by atomic mass is 9.76. The SMILES string of the molecule is C[N+]12CCCC[C@H]1[C@@H](COC(=O)[C@H]1CC(=O)OC13CCCCC3)CCC2. The van der Waals surface area contributed by atoms with Crippen molar-refractivity contribution in [2.45, 2.75) is 82.3 Å². The molecule has 4 aliphatic rings. The Morgan fingerprint density at radius 2 is 1.88 bits per heavy atom. The largest absolute Gasteiger partial charge is 0.465 e. The lowest BCUT2D eigenvalue weighted by molar-refractivity contribution is -0.947. The molecule has 0 aromatic rings. The van der Waals surface area contributed by atoms with E-state index in [4.69, 9.17) is 9.47 Å². The van der Waals surface area contributed by atoms with Crippen LogP contribution in [0.3, 0.4) is 0 Å². The second-order valence-corrected chi connectivity index (χ2v) is 9.38. The molecular weight excluding hydrogens is 330 g/mol. The summed E-state index contributed by atoms with van der Waals surface area (Å²) in [6, 6.07) is 0.635. The van der Waals surface area contributed by atoms with Crippen molar-refractivity contribution in [1.29, 1.82) is 0 Å². The fraction of sp³-hybridized carbons (Fsp3) is 0.905. The Morgan fingerprint density at radius 1 is 1.12 bits per heavy atom. The van der Waals surface area contributed by atoms with Gasteiger partial charge in [-0.3, -0.25) is 9.59 Å². The third-order valence-electron chi connectivity index (χ3n) is 7.75. The van der Waals surface area contributed by atoms with Crippen molar-refractivity contribution in [3.63, 3.8) is 0 Å². The van der Waals surface area contributed by atoms with Crippen LogP contribution in [0, 0.1) is 11.8 Å². The van der Waals surface area contributed by atoms with Crippen LogP contribution in [-0.2, 0) is 19.1 Å². The van der Waals surface area contributed by atoms with Crippen molar-refractivity contribution in [1.82, 2.24) is 0 Å². The Hall–Kier alpha value is -1.10. The molecule has 1 spiro atoms. The maximum atomic E-state index is 12.9. The maximum Gasteiger partial charge on any atom is 0.313 e. The van der Waals surface area contributed by atoms with E-state index in [9.17, 15) is 9.59 Å². The molecule has 1 aliphatic carbocycles. The lowest BCUT2D eigenvalue weighted by Gasteiger charge is -2.51. The van der Waals surface area contributed by atoms with Gasteiger partial charge in [0.2, 0.25) is 0 Å². The smallest absolute Gasteiger partial charge is 0.313 e. The fourth-order valence-electron chi connectivity index (χ4n) is 6.31. The van der Waals surface area contributed by atoms with Gasteiger partial charge in [-0.15, -0.1) is 0 Å². The number of carbonyl (C=O) groups excluding carboxylic acids is 2. The van der Waals surface area contributed by atoms with Crippen molar-refractivity contribution in [2.75, 3.05) is 26.7 Å². The molecule has 4 atom stereocenters. The fourth-order valence-corrected chi connectivity index (χ4v) is 6.31. The highest BCUT2D eigenvalue weighted by Crippen LogP contribution is 2.45. The molecule has 0 N–H and O–H groups in total. The van der Waals surface area contributed by atoms with Crippen LogP contribution >= 0.6 is 0 Å². The molecule has 146 valence electrons. The van der Waals surface area contributed by atoms with Gasteiger partial charge in [-0.2, -0.15) is 0 Å². The van der Waals surface area contributed by atoms with E-state index in [0.717, 1.165) is 36.6 Å². The quantitative estimate of drug-likeness (QED) is 0.570. The Bertz CT molecular complexity index is 552. The molecule has 0 aromatic heterocycles. The van der Waals surface area contributed by atoms with Gasteiger partial charge in [-0.1, -0.05) is 6.42 Å². The van der Waals surface area contributed by atoms with Crippen molar-refractivity contribution in [3.05, 3.63) is 0 Å². The zero-order valence-corrected chi connectivity index (χ0v) is 16.2. The normalized spacial score (nSPS) is 39.3. The Morgan fingerprint density at radius 3 is 2.69 bits per heavy atom. The summed E-state index contributed by atoms with van der Waals surface area (Å²) in [7, 11) is 2.39. The molecule has 0 aromatic carbocycles. The molecule has 26 heavy (non-hydrogen) atoms. The minimum Gasteiger partial charge on any atom is -0.465 e. The van der Waals surface area contributed by atoms with Crippen molar-refractivity contribution in [2.24, 2.45) is 11.8 Å². The topological polar surface area (TPSA) is 52.6 Å².